The standard InChI is InChI=1S/C13H18N2O4/c1-13(2,16)12-9-14(7-8-19-12)10-3-5-11(6-4-10)15(17)18/h3-6,12,16H,7-9H2,1-2H3. The lowest BCUT2D eigenvalue weighted by molar-refractivity contribution is -0.384. The number of hydrogen-bond acceptors (Lipinski definition) is 5. The van der Waals surface area contributed by atoms with Crippen molar-refractivity contribution in [2.45, 2.75) is 25.6 Å². The number of hydrogen-bond donors (Lipinski definition) is 1. The van der Waals surface area contributed by atoms with E-state index in [9.17, 15) is 15.2 Å². The molecule has 1 N–H and O–H groups in total. The number of nitrogens with zero attached hydrogens (tertiary/aromatic N) is 2. The minimum Gasteiger partial charge on any atom is -0.388 e. The molecule has 104 valence electrons. The summed E-state index contributed by atoms with van der Waals surface area (Å²) < 4.78 is 5.56. The Balaban J connectivity index is 2.11. The van der Waals surface area contributed by atoms with Crippen molar-refractivity contribution in [3.63, 3.8) is 0 Å². The van der Waals surface area contributed by atoms with E-state index in [0.717, 1.165) is 5.69 Å². The molecule has 0 amide bonds. The van der Waals surface area contributed by atoms with Crippen LogP contribution in [0, 0.1) is 10.1 Å². The number of nitro groups is 1. The molecule has 1 fully saturated rings. The van der Waals surface area contributed by atoms with E-state index in [4.69, 9.17) is 4.74 Å². The number of nitro benzene ring substituents is 1. The molecule has 0 saturated carbocycles. The molecule has 0 spiro atoms. The molecule has 2 rings (SSSR count). The van der Waals surface area contributed by atoms with Gasteiger partial charge in [-0.1, -0.05) is 0 Å². The average molecular weight is 266 g/mol. The first-order valence-electron chi connectivity index (χ1n) is 6.21. The number of non-ortho nitro benzene ring substituents is 1. The number of benzene rings is 1. The molecular formula is C13H18N2O4. The van der Waals surface area contributed by atoms with Crippen LogP contribution < -0.4 is 4.90 Å². The maximum Gasteiger partial charge on any atom is 0.269 e. The largest absolute Gasteiger partial charge is 0.388 e. The maximum atomic E-state index is 10.6. The predicted molar refractivity (Wildman–Crippen MR) is 71.3 cm³/mol. The highest BCUT2D eigenvalue weighted by molar-refractivity contribution is 5.51. The van der Waals surface area contributed by atoms with Crippen molar-refractivity contribution >= 4 is 11.4 Å². The van der Waals surface area contributed by atoms with Crippen LogP contribution in [0.4, 0.5) is 11.4 Å². The van der Waals surface area contributed by atoms with Crippen LogP contribution in [0.15, 0.2) is 24.3 Å². The quantitative estimate of drug-likeness (QED) is 0.664. The van der Waals surface area contributed by atoms with Crippen molar-refractivity contribution in [2.24, 2.45) is 0 Å². The molecule has 0 aliphatic carbocycles. The van der Waals surface area contributed by atoms with Gasteiger partial charge in [-0.2, -0.15) is 0 Å². The molecule has 0 bridgehead atoms. The summed E-state index contributed by atoms with van der Waals surface area (Å²) in [6.07, 6.45) is -0.267. The van der Waals surface area contributed by atoms with Gasteiger partial charge in [0.1, 0.15) is 6.10 Å². The Morgan fingerprint density at radius 1 is 1.42 bits per heavy atom. The molecule has 1 heterocycles. The first-order chi connectivity index (χ1) is 8.88. The van der Waals surface area contributed by atoms with Crippen LogP contribution in [0.5, 0.6) is 0 Å². The molecule has 6 heteroatoms. The van der Waals surface area contributed by atoms with Gasteiger partial charge in [0.15, 0.2) is 0 Å². The van der Waals surface area contributed by atoms with Crippen molar-refractivity contribution in [3.8, 4) is 0 Å². The zero-order chi connectivity index (χ0) is 14.0. The Bertz CT molecular complexity index is 453. The van der Waals surface area contributed by atoms with E-state index in [1.807, 2.05) is 0 Å². The Morgan fingerprint density at radius 3 is 2.58 bits per heavy atom. The summed E-state index contributed by atoms with van der Waals surface area (Å²) in [5.74, 6) is 0. The van der Waals surface area contributed by atoms with E-state index < -0.39 is 10.5 Å². The lowest BCUT2D eigenvalue weighted by atomic mass is 10.00. The minimum absolute atomic E-state index is 0.0797. The summed E-state index contributed by atoms with van der Waals surface area (Å²) in [4.78, 5) is 12.3. The second kappa shape index (κ2) is 5.14. The predicted octanol–water partition coefficient (Wildman–Crippen LogP) is 1.57. The third-order valence-corrected chi connectivity index (χ3v) is 3.28. The lowest BCUT2D eigenvalue weighted by Crippen LogP contribution is -2.52. The van der Waals surface area contributed by atoms with Crippen molar-refractivity contribution < 1.29 is 14.8 Å². The Kier molecular flexibility index (Phi) is 3.73. The van der Waals surface area contributed by atoms with Crippen LogP contribution in [0.2, 0.25) is 0 Å². The summed E-state index contributed by atoms with van der Waals surface area (Å²) in [6, 6.07) is 6.43. The second-order valence-electron chi connectivity index (χ2n) is 5.23. The number of morpholine rings is 1. The van der Waals surface area contributed by atoms with Crippen LogP contribution in [-0.4, -0.2) is 41.4 Å². The van der Waals surface area contributed by atoms with Gasteiger partial charge < -0.3 is 14.7 Å². The Hall–Kier alpha value is -1.66. The molecule has 1 unspecified atom stereocenters. The summed E-state index contributed by atoms with van der Waals surface area (Å²) in [7, 11) is 0. The van der Waals surface area contributed by atoms with Gasteiger partial charge in [-0.05, 0) is 26.0 Å². The number of rotatable bonds is 3. The molecule has 1 aliphatic rings. The van der Waals surface area contributed by atoms with Gasteiger partial charge in [0.25, 0.3) is 5.69 Å². The van der Waals surface area contributed by atoms with Crippen molar-refractivity contribution in [1.82, 2.24) is 0 Å². The van der Waals surface area contributed by atoms with Gasteiger partial charge >= 0.3 is 0 Å². The number of ether oxygens (including phenoxy) is 1. The summed E-state index contributed by atoms with van der Waals surface area (Å²) >= 11 is 0. The van der Waals surface area contributed by atoms with Crippen LogP contribution >= 0.6 is 0 Å². The van der Waals surface area contributed by atoms with Gasteiger partial charge in [0, 0.05) is 30.9 Å². The van der Waals surface area contributed by atoms with E-state index in [2.05, 4.69) is 4.90 Å². The van der Waals surface area contributed by atoms with Crippen molar-refractivity contribution in [3.05, 3.63) is 34.4 Å². The fourth-order valence-corrected chi connectivity index (χ4v) is 2.10. The van der Waals surface area contributed by atoms with E-state index in [0.29, 0.717) is 19.7 Å². The molecule has 0 radical (unpaired) electrons. The highest BCUT2D eigenvalue weighted by Gasteiger charge is 2.32. The molecule has 1 atom stereocenters. The van der Waals surface area contributed by atoms with Crippen LogP contribution in [-0.2, 0) is 4.74 Å². The zero-order valence-corrected chi connectivity index (χ0v) is 11.1. The minimum atomic E-state index is -0.903. The molecule has 1 saturated heterocycles. The lowest BCUT2D eigenvalue weighted by Gasteiger charge is -2.39. The molecule has 6 nitrogen and oxygen atoms in total. The van der Waals surface area contributed by atoms with Crippen LogP contribution in [0.25, 0.3) is 0 Å². The SMILES string of the molecule is CC(C)(O)C1CN(c2ccc([N+](=O)[O-])cc2)CCO1. The highest BCUT2D eigenvalue weighted by Crippen LogP contribution is 2.24. The highest BCUT2D eigenvalue weighted by atomic mass is 16.6. The van der Waals surface area contributed by atoms with Gasteiger partial charge in [0.2, 0.25) is 0 Å². The van der Waals surface area contributed by atoms with Gasteiger partial charge in [0.05, 0.1) is 17.1 Å². The van der Waals surface area contributed by atoms with E-state index >= 15 is 0 Å². The summed E-state index contributed by atoms with van der Waals surface area (Å²) in [5, 5.41) is 20.6. The summed E-state index contributed by atoms with van der Waals surface area (Å²) in [6.45, 7) is 5.26. The van der Waals surface area contributed by atoms with Crippen molar-refractivity contribution in [1.29, 1.82) is 0 Å². The fraction of sp³-hybridized carbons (Fsp3) is 0.538. The van der Waals surface area contributed by atoms with E-state index in [1.54, 1.807) is 26.0 Å². The number of aliphatic hydroxyl groups is 1. The normalized spacial score (nSPS) is 20.4. The molecule has 1 aliphatic heterocycles. The monoisotopic (exact) mass is 266 g/mol. The molecular weight excluding hydrogens is 248 g/mol. The van der Waals surface area contributed by atoms with Gasteiger partial charge in [-0.15, -0.1) is 0 Å². The average Bonchev–Trinajstić information content (AvgIpc) is 2.38. The molecule has 1 aromatic rings. The maximum absolute atomic E-state index is 10.6. The molecule has 0 aromatic heterocycles. The van der Waals surface area contributed by atoms with Crippen molar-refractivity contribution in [2.75, 3.05) is 24.6 Å². The first kappa shape index (κ1) is 13.8. The third-order valence-electron chi connectivity index (χ3n) is 3.28. The number of anilines is 1. The van der Waals surface area contributed by atoms with E-state index in [-0.39, 0.29) is 11.8 Å². The Morgan fingerprint density at radius 2 is 2.05 bits per heavy atom. The van der Waals surface area contributed by atoms with Gasteiger partial charge in [-0.25, -0.2) is 0 Å². The van der Waals surface area contributed by atoms with Crippen LogP contribution in [0.3, 0.4) is 0 Å². The smallest absolute Gasteiger partial charge is 0.269 e. The summed E-state index contributed by atoms with van der Waals surface area (Å²) in [5.41, 5.74) is 0.0820. The molecule has 1 aromatic carbocycles. The topological polar surface area (TPSA) is 75.8 Å². The first-order valence-corrected chi connectivity index (χ1v) is 6.21. The van der Waals surface area contributed by atoms with E-state index in [1.165, 1.54) is 12.1 Å². The third kappa shape index (κ3) is 3.21. The second-order valence-corrected chi connectivity index (χ2v) is 5.23. The molecule has 19 heavy (non-hydrogen) atoms. The fourth-order valence-electron chi connectivity index (χ4n) is 2.10. The zero-order valence-electron chi connectivity index (χ0n) is 11.1. The van der Waals surface area contributed by atoms with Crippen LogP contribution in [0.1, 0.15) is 13.8 Å². The Labute approximate surface area is 111 Å². The van der Waals surface area contributed by atoms with Gasteiger partial charge in [-0.3, -0.25) is 10.1 Å².